The normalized spacial score (nSPS) is 20.1. The van der Waals surface area contributed by atoms with Crippen LogP contribution >= 0.6 is 0 Å². The largest absolute Gasteiger partial charge is 0.455 e. The van der Waals surface area contributed by atoms with Gasteiger partial charge in [0.25, 0.3) is 5.91 Å². The maximum absolute atomic E-state index is 12.8. The van der Waals surface area contributed by atoms with E-state index in [2.05, 4.69) is 5.32 Å². The molecule has 27 heavy (non-hydrogen) atoms. The lowest BCUT2D eigenvalue weighted by molar-refractivity contribution is -0.152. The van der Waals surface area contributed by atoms with Crippen LogP contribution in [0.4, 0.5) is 4.39 Å². The number of hydrogen-bond acceptors (Lipinski definition) is 4. The van der Waals surface area contributed by atoms with E-state index in [0.717, 1.165) is 31.2 Å². The van der Waals surface area contributed by atoms with Crippen molar-refractivity contribution in [2.45, 2.75) is 44.6 Å². The van der Waals surface area contributed by atoms with E-state index in [0.29, 0.717) is 19.5 Å². The Hall–Kier alpha value is -2.44. The molecule has 1 saturated heterocycles. The Bertz CT molecular complexity index is 686. The van der Waals surface area contributed by atoms with E-state index >= 15 is 0 Å². The molecule has 1 aromatic rings. The molecule has 0 radical (unpaired) electrons. The van der Waals surface area contributed by atoms with Crippen LogP contribution in [-0.2, 0) is 25.5 Å². The van der Waals surface area contributed by atoms with Crippen molar-refractivity contribution < 1.29 is 23.5 Å². The molecule has 0 bridgehead atoms. The van der Waals surface area contributed by atoms with Crippen LogP contribution in [0.2, 0.25) is 0 Å². The van der Waals surface area contributed by atoms with Gasteiger partial charge in [-0.2, -0.15) is 0 Å². The molecular formula is C20H25FN2O4. The summed E-state index contributed by atoms with van der Waals surface area (Å²) in [4.78, 5) is 37.9. The van der Waals surface area contributed by atoms with Gasteiger partial charge in [-0.1, -0.05) is 25.0 Å². The zero-order chi connectivity index (χ0) is 19.2. The molecule has 1 atom stereocenters. The molecule has 1 heterocycles. The van der Waals surface area contributed by atoms with E-state index in [-0.39, 0.29) is 36.7 Å². The zero-order valence-corrected chi connectivity index (χ0v) is 15.3. The summed E-state index contributed by atoms with van der Waals surface area (Å²) in [6.07, 6.45) is 4.99. The minimum absolute atomic E-state index is 0.00704. The smallest absolute Gasteiger partial charge is 0.311 e. The fraction of sp³-hybridized carbons (Fsp3) is 0.550. The van der Waals surface area contributed by atoms with Crippen LogP contribution in [-0.4, -0.2) is 48.4 Å². The first-order chi connectivity index (χ1) is 13.0. The maximum Gasteiger partial charge on any atom is 0.311 e. The molecule has 1 aromatic carbocycles. The number of likely N-dealkylation sites (tertiary alicyclic amines) is 1. The topological polar surface area (TPSA) is 75.7 Å². The van der Waals surface area contributed by atoms with Crippen LogP contribution < -0.4 is 5.32 Å². The Morgan fingerprint density at radius 2 is 1.89 bits per heavy atom. The zero-order valence-electron chi connectivity index (χ0n) is 15.3. The lowest BCUT2D eigenvalue weighted by atomic mass is 10.1. The van der Waals surface area contributed by atoms with Gasteiger partial charge in [-0.3, -0.25) is 14.4 Å². The van der Waals surface area contributed by atoms with Crippen molar-refractivity contribution >= 4 is 17.8 Å². The average Bonchev–Trinajstić information content (AvgIpc) is 3.31. The Balaban J connectivity index is 1.35. The van der Waals surface area contributed by atoms with Crippen molar-refractivity contribution in [1.82, 2.24) is 10.2 Å². The molecule has 1 N–H and O–H groups in total. The fourth-order valence-corrected chi connectivity index (χ4v) is 3.76. The van der Waals surface area contributed by atoms with E-state index < -0.39 is 11.9 Å². The van der Waals surface area contributed by atoms with E-state index in [1.54, 1.807) is 12.1 Å². The van der Waals surface area contributed by atoms with Crippen LogP contribution in [0.5, 0.6) is 0 Å². The number of amides is 2. The van der Waals surface area contributed by atoms with E-state index in [9.17, 15) is 18.8 Å². The maximum atomic E-state index is 12.8. The number of carbonyl (C=O) groups is 3. The minimum atomic E-state index is -0.488. The highest BCUT2D eigenvalue weighted by Crippen LogP contribution is 2.29. The summed E-state index contributed by atoms with van der Waals surface area (Å²) in [5.74, 6) is -1.65. The molecule has 7 heteroatoms. The molecule has 1 saturated carbocycles. The van der Waals surface area contributed by atoms with E-state index in [1.807, 2.05) is 4.90 Å². The predicted molar refractivity (Wildman–Crippen MR) is 96.1 cm³/mol. The second kappa shape index (κ2) is 8.97. The molecule has 0 aromatic heterocycles. The van der Waals surface area contributed by atoms with Crippen molar-refractivity contribution in [3.05, 3.63) is 35.6 Å². The first kappa shape index (κ1) is 19.3. The Kier molecular flexibility index (Phi) is 6.42. The number of nitrogens with zero attached hydrogens (tertiary/aromatic N) is 1. The van der Waals surface area contributed by atoms with Crippen molar-refractivity contribution in [1.29, 1.82) is 0 Å². The van der Waals surface area contributed by atoms with Gasteiger partial charge >= 0.3 is 5.97 Å². The van der Waals surface area contributed by atoms with Crippen molar-refractivity contribution in [3.63, 3.8) is 0 Å². The highest BCUT2D eigenvalue weighted by Gasteiger charge is 2.39. The minimum Gasteiger partial charge on any atom is -0.455 e. The van der Waals surface area contributed by atoms with Gasteiger partial charge in [0.1, 0.15) is 5.82 Å². The summed E-state index contributed by atoms with van der Waals surface area (Å²) in [7, 11) is 0. The first-order valence-corrected chi connectivity index (χ1v) is 9.50. The molecule has 6 nitrogen and oxygen atoms in total. The third-order valence-electron chi connectivity index (χ3n) is 5.25. The second-order valence-electron chi connectivity index (χ2n) is 7.22. The lowest BCUT2D eigenvalue weighted by Gasteiger charge is -2.23. The summed E-state index contributed by atoms with van der Waals surface area (Å²) in [6, 6.07) is 6.32. The predicted octanol–water partition coefficient (Wildman–Crippen LogP) is 1.82. The number of halogens is 1. The highest BCUT2D eigenvalue weighted by molar-refractivity contribution is 5.88. The number of carbonyl (C=O) groups excluding carboxylic acids is 3. The van der Waals surface area contributed by atoms with Gasteiger partial charge in [-0.05, 0) is 37.0 Å². The second-order valence-corrected chi connectivity index (χ2v) is 7.22. The van der Waals surface area contributed by atoms with Gasteiger partial charge in [0.05, 0.1) is 5.92 Å². The van der Waals surface area contributed by atoms with Gasteiger partial charge in [-0.25, -0.2) is 4.39 Å². The number of rotatable bonds is 7. The number of ether oxygens (including phenoxy) is 1. The van der Waals surface area contributed by atoms with Crippen LogP contribution in [0.15, 0.2) is 24.3 Å². The first-order valence-electron chi connectivity index (χ1n) is 9.50. The van der Waals surface area contributed by atoms with Gasteiger partial charge < -0.3 is 15.0 Å². The van der Waals surface area contributed by atoms with Crippen molar-refractivity contribution in [2.75, 3.05) is 19.7 Å². The Morgan fingerprint density at radius 1 is 1.19 bits per heavy atom. The fourth-order valence-electron chi connectivity index (χ4n) is 3.76. The number of nitrogens with one attached hydrogen (secondary N) is 1. The SMILES string of the molecule is O=C(COC(=O)[C@H]1CC(=O)N(C2CCCC2)C1)NCCc1ccc(F)cc1. The number of esters is 1. The van der Waals surface area contributed by atoms with Crippen LogP contribution in [0, 0.1) is 11.7 Å². The molecule has 2 aliphatic rings. The molecule has 146 valence electrons. The van der Waals surface area contributed by atoms with Gasteiger partial charge in [0.2, 0.25) is 5.91 Å². The summed E-state index contributed by atoms with van der Waals surface area (Å²) in [5.41, 5.74) is 0.908. The van der Waals surface area contributed by atoms with E-state index in [1.165, 1.54) is 12.1 Å². The quantitative estimate of drug-likeness (QED) is 0.737. The van der Waals surface area contributed by atoms with Crippen molar-refractivity contribution in [2.24, 2.45) is 5.92 Å². The summed E-state index contributed by atoms with van der Waals surface area (Å²) in [5, 5.41) is 2.67. The summed E-state index contributed by atoms with van der Waals surface area (Å²) >= 11 is 0. The monoisotopic (exact) mass is 376 g/mol. The van der Waals surface area contributed by atoms with E-state index in [4.69, 9.17) is 4.74 Å². The Morgan fingerprint density at radius 3 is 2.59 bits per heavy atom. The average molecular weight is 376 g/mol. The molecule has 3 rings (SSSR count). The lowest BCUT2D eigenvalue weighted by Crippen LogP contribution is -2.35. The Labute approximate surface area is 158 Å². The van der Waals surface area contributed by atoms with Crippen LogP contribution in [0.25, 0.3) is 0 Å². The van der Waals surface area contributed by atoms with Gasteiger partial charge in [0, 0.05) is 25.6 Å². The summed E-state index contributed by atoms with van der Waals surface area (Å²) in [6.45, 7) is 0.421. The highest BCUT2D eigenvalue weighted by atomic mass is 19.1. The standard InChI is InChI=1S/C20H25FN2O4/c21-16-7-5-14(6-8-16)9-10-22-18(24)13-27-20(26)15-11-19(25)23(12-15)17-3-1-2-4-17/h5-8,15,17H,1-4,9-13H2,(H,22,24)/t15-/m0/s1. The molecule has 0 spiro atoms. The van der Waals surface area contributed by atoms with Crippen molar-refractivity contribution in [3.8, 4) is 0 Å². The third-order valence-corrected chi connectivity index (χ3v) is 5.25. The number of hydrogen-bond donors (Lipinski definition) is 1. The third kappa shape index (κ3) is 5.28. The van der Waals surface area contributed by atoms with Crippen LogP contribution in [0.1, 0.15) is 37.7 Å². The summed E-state index contributed by atoms with van der Waals surface area (Å²) < 4.78 is 17.9. The van der Waals surface area contributed by atoms with Gasteiger partial charge in [0.15, 0.2) is 6.61 Å². The molecular weight excluding hydrogens is 351 g/mol. The van der Waals surface area contributed by atoms with Crippen LogP contribution in [0.3, 0.4) is 0 Å². The molecule has 2 amide bonds. The molecule has 1 aliphatic heterocycles. The molecule has 0 unspecified atom stereocenters. The number of benzene rings is 1. The molecule has 2 fully saturated rings. The molecule has 1 aliphatic carbocycles. The van der Waals surface area contributed by atoms with Gasteiger partial charge in [-0.15, -0.1) is 0 Å².